The molecular weight excluding hydrogens is 230 g/mol. The summed E-state index contributed by atoms with van der Waals surface area (Å²) in [5, 5.41) is 0.807. The van der Waals surface area contributed by atoms with Crippen LogP contribution in [0.5, 0.6) is 0 Å². The van der Waals surface area contributed by atoms with Crippen LogP contribution in [0.4, 0.5) is 0 Å². The van der Waals surface area contributed by atoms with E-state index in [9.17, 15) is 0 Å². The molecule has 1 aliphatic carbocycles. The Morgan fingerprint density at radius 2 is 1.76 bits per heavy atom. The van der Waals surface area contributed by atoms with Crippen molar-refractivity contribution in [2.75, 3.05) is 6.54 Å². The number of halogens is 1. The van der Waals surface area contributed by atoms with E-state index < -0.39 is 0 Å². The van der Waals surface area contributed by atoms with Crippen molar-refractivity contribution in [3.05, 3.63) is 34.9 Å². The van der Waals surface area contributed by atoms with E-state index in [0.29, 0.717) is 5.92 Å². The molecule has 1 unspecified atom stereocenters. The van der Waals surface area contributed by atoms with Crippen molar-refractivity contribution in [1.82, 2.24) is 0 Å². The fourth-order valence-corrected chi connectivity index (χ4v) is 3.12. The smallest absolute Gasteiger partial charge is 0.0406 e. The normalized spacial score (nSPS) is 26.8. The summed E-state index contributed by atoms with van der Waals surface area (Å²) in [6.45, 7) is 3.11. The van der Waals surface area contributed by atoms with Gasteiger partial charge in [0, 0.05) is 5.02 Å². The molecule has 1 nitrogen and oxygen atoms in total. The molecule has 2 heteroatoms. The van der Waals surface area contributed by atoms with Crippen molar-refractivity contribution in [1.29, 1.82) is 0 Å². The summed E-state index contributed by atoms with van der Waals surface area (Å²) in [6, 6.07) is 8.23. The molecule has 2 rings (SSSR count). The molecule has 1 atom stereocenters. The summed E-state index contributed by atoms with van der Waals surface area (Å²) in [6.07, 6.45) is 5.36. The number of benzene rings is 1. The van der Waals surface area contributed by atoms with Crippen molar-refractivity contribution < 1.29 is 0 Å². The second-order valence-corrected chi connectivity index (χ2v) is 5.85. The first kappa shape index (κ1) is 12.9. The predicted octanol–water partition coefficient (Wildman–Crippen LogP) is 4.21. The largest absolute Gasteiger partial charge is 0.330 e. The van der Waals surface area contributed by atoms with E-state index in [1.807, 2.05) is 12.1 Å². The van der Waals surface area contributed by atoms with Crippen molar-refractivity contribution in [3.63, 3.8) is 0 Å². The maximum Gasteiger partial charge on any atom is 0.0406 e. The highest BCUT2D eigenvalue weighted by molar-refractivity contribution is 6.30. The minimum Gasteiger partial charge on any atom is -0.330 e. The molecule has 0 radical (unpaired) electrons. The summed E-state index contributed by atoms with van der Waals surface area (Å²) in [5.74, 6) is 2.17. The lowest BCUT2D eigenvalue weighted by molar-refractivity contribution is 0.256. The molecule has 0 spiro atoms. The van der Waals surface area contributed by atoms with Crippen LogP contribution in [-0.2, 0) is 0 Å². The van der Waals surface area contributed by atoms with Gasteiger partial charge < -0.3 is 5.73 Å². The maximum absolute atomic E-state index is 5.98. The van der Waals surface area contributed by atoms with Crippen molar-refractivity contribution in [3.8, 4) is 0 Å². The molecule has 94 valence electrons. The quantitative estimate of drug-likeness (QED) is 0.856. The summed E-state index contributed by atoms with van der Waals surface area (Å²) >= 11 is 5.93. The molecule has 0 saturated heterocycles. The molecule has 0 aromatic heterocycles. The van der Waals surface area contributed by atoms with E-state index in [-0.39, 0.29) is 0 Å². The minimum atomic E-state index is 0.514. The van der Waals surface area contributed by atoms with Gasteiger partial charge in [0.1, 0.15) is 0 Å². The topological polar surface area (TPSA) is 26.0 Å². The van der Waals surface area contributed by atoms with Gasteiger partial charge in [-0.1, -0.05) is 43.5 Å². The van der Waals surface area contributed by atoms with Gasteiger partial charge in [-0.15, -0.1) is 0 Å². The molecule has 1 saturated carbocycles. The molecule has 0 amide bonds. The molecule has 0 bridgehead atoms. The molecule has 1 aromatic carbocycles. The second-order valence-electron chi connectivity index (χ2n) is 5.41. The van der Waals surface area contributed by atoms with Gasteiger partial charge in [-0.05, 0) is 54.8 Å². The summed E-state index contributed by atoms with van der Waals surface area (Å²) in [7, 11) is 0. The molecule has 1 fully saturated rings. The Labute approximate surface area is 109 Å². The Balaban J connectivity index is 2.08. The Kier molecular flexibility index (Phi) is 4.47. The van der Waals surface area contributed by atoms with E-state index in [4.69, 9.17) is 17.3 Å². The first-order chi connectivity index (χ1) is 8.20. The third kappa shape index (κ3) is 3.23. The Morgan fingerprint density at radius 3 is 2.29 bits per heavy atom. The lowest BCUT2D eigenvalue weighted by Gasteiger charge is -2.32. The fraction of sp³-hybridized carbons (Fsp3) is 0.600. The average Bonchev–Trinajstić information content (AvgIpc) is 2.35. The average molecular weight is 252 g/mol. The van der Waals surface area contributed by atoms with E-state index in [1.54, 1.807) is 0 Å². The fourth-order valence-electron chi connectivity index (χ4n) is 3.00. The van der Waals surface area contributed by atoms with Crippen LogP contribution in [0.1, 0.15) is 44.1 Å². The zero-order valence-electron chi connectivity index (χ0n) is 10.5. The zero-order chi connectivity index (χ0) is 12.3. The summed E-state index contributed by atoms with van der Waals surface area (Å²) in [5.41, 5.74) is 7.33. The second kappa shape index (κ2) is 5.88. The van der Waals surface area contributed by atoms with Crippen LogP contribution in [0, 0.1) is 11.8 Å². The van der Waals surface area contributed by atoms with Gasteiger partial charge in [-0.3, -0.25) is 0 Å². The summed E-state index contributed by atoms with van der Waals surface area (Å²) < 4.78 is 0. The molecular formula is C15H22ClN. The Hall–Kier alpha value is -0.530. The van der Waals surface area contributed by atoms with Crippen LogP contribution in [0.3, 0.4) is 0 Å². The van der Waals surface area contributed by atoms with Crippen molar-refractivity contribution in [2.45, 2.75) is 38.5 Å². The first-order valence-electron chi connectivity index (χ1n) is 6.66. The third-order valence-corrected chi connectivity index (χ3v) is 4.43. The maximum atomic E-state index is 5.98. The highest BCUT2D eigenvalue weighted by atomic mass is 35.5. The highest BCUT2D eigenvalue weighted by Crippen LogP contribution is 2.37. The van der Waals surface area contributed by atoms with Gasteiger partial charge in [-0.2, -0.15) is 0 Å². The molecule has 0 heterocycles. The lowest BCUT2D eigenvalue weighted by atomic mass is 9.74. The van der Waals surface area contributed by atoms with E-state index >= 15 is 0 Å². The monoisotopic (exact) mass is 251 g/mol. The molecule has 1 aromatic rings. The standard InChI is InChI=1S/C15H22ClN/c1-11-2-4-12(5-3-11)15(10-17)13-6-8-14(16)9-7-13/h6-9,11-12,15H,2-5,10,17H2,1H3. The van der Waals surface area contributed by atoms with Crippen LogP contribution in [0.15, 0.2) is 24.3 Å². The molecule has 2 N–H and O–H groups in total. The van der Waals surface area contributed by atoms with Crippen LogP contribution < -0.4 is 5.73 Å². The zero-order valence-corrected chi connectivity index (χ0v) is 11.3. The summed E-state index contributed by atoms with van der Waals surface area (Å²) in [4.78, 5) is 0. The highest BCUT2D eigenvalue weighted by Gasteiger charge is 2.26. The van der Waals surface area contributed by atoms with E-state index in [0.717, 1.165) is 23.4 Å². The van der Waals surface area contributed by atoms with Gasteiger partial charge in [0.25, 0.3) is 0 Å². The molecule has 17 heavy (non-hydrogen) atoms. The van der Waals surface area contributed by atoms with E-state index in [2.05, 4.69) is 19.1 Å². The van der Waals surface area contributed by atoms with Crippen LogP contribution in [0.2, 0.25) is 5.02 Å². The Morgan fingerprint density at radius 1 is 1.18 bits per heavy atom. The van der Waals surface area contributed by atoms with Crippen LogP contribution >= 0.6 is 11.6 Å². The SMILES string of the molecule is CC1CCC(C(CN)c2ccc(Cl)cc2)CC1. The minimum absolute atomic E-state index is 0.514. The lowest BCUT2D eigenvalue weighted by Crippen LogP contribution is -2.25. The van der Waals surface area contributed by atoms with Crippen molar-refractivity contribution >= 4 is 11.6 Å². The predicted molar refractivity (Wildman–Crippen MR) is 74.4 cm³/mol. The number of nitrogens with two attached hydrogens (primary N) is 1. The number of hydrogen-bond acceptors (Lipinski definition) is 1. The third-order valence-electron chi connectivity index (χ3n) is 4.18. The molecule has 1 aliphatic rings. The Bertz CT molecular complexity index is 338. The van der Waals surface area contributed by atoms with Crippen LogP contribution in [-0.4, -0.2) is 6.54 Å². The van der Waals surface area contributed by atoms with E-state index in [1.165, 1.54) is 31.2 Å². The number of rotatable bonds is 3. The van der Waals surface area contributed by atoms with Gasteiger partial charge in [-0.25, -0.2) is 0 Å². The van der Waals surface area contributed by atoms with Gasteiger partial charge in [0.05, 0.1) is 0 Å². The first-order valence-corrected chi connectivity index (χ1v) is 7.04. The molecule has 0 aliphatic heterocycles. The number of hydrogen-bond donors (Lipinski definition) is 1. The van der Waals surface area contributed by atoms with Gasteiger partial charge >= 0.3 is 0 Å². The van der Waals surface area contributed by atoms with Crippen molar-refractivity contribution in [2.24, 2.45) is 17.6 Å². The van der Waals surface area contributed by atoms with Gasteiger partial charge in [0.2, 0.25) is 0 Å². The van der Waals surface area contributed by atoms with Crippen LogP contribution in [0.25, 0.3) is 0 Å². The van der Waals surface area contributed by atoms with Gasteiger partial charge in [0.15, 0.2) is 0 Å².